The predicted molar refractivity (Wildman–Crippen MR) is 170 cm³/mol. The quantitative estimate of drug-likeness (QED) is 0.172. The number of carboxylic acids is 1. The molecule has 0 bridgehead atoms. The lowest BCUT2D eigenvalue weighted by molar-refractivity contribution is -0.137. The van der Waals surface area contributed by atoms with Crippen molar-refractivity contribution in [3.63, 3.8) is 0 Å². The Hall–Kier alpha value is -2.32. The normalized spacial score (nSPS) is 20.0. The van der Waals surface area contributed by atoms with Gasteiger partial charge in [0.2, 0.25) is 17.7 Å². The van der Waals surface area contributed by atoms with Crippen LogP contribution >= 0.6 is 0 Å². The van der Waals surface area contributed by atoms with Crippen molar-refractivity contribution in [1.82, 2.24) is 40.4 Å². The molecule has 3 rings (SSSR count). The van der Waals surface area contributed by atoms with Crippen LogP contribution in [0.15, 0.2) is 0 Å². The second-order valence-corrected chi connectivity index (χ2v) is 13.7. The summed E-state index contributed by atoms with van der Waals surface area (Å²) in [4.78, 5) is 59.6. The first kappa shape index (κ1) is 36.2. The zero-order valence-corrected chi connectivity index (χ0v) is 27.7. The van der Waals surface area contributed by atoms with E-state index in [2.05, 4.69) is 63.2 Å². The third-order valence-corrected chi connectivity index (χ3v) is 9.71. The highest BCUT2D eigenvalue weighted by atomic mass is 16.4. The van der Waals surface area contributed by atoms with E-state index < -0.39 is 5.97 Å². The molecule has 0 unspecified atom stereocenters. The average Bonchev–Trinajstić information content (AvgIpc) is 3.01. The summed E-state index contributed by atoms with van der Waals surface area (Å²) in [6.45, 7) is 20.5. The first-order chi connectivity index (χ1) is 20.9. The van der Waals surface area contributed by atoms with Gasteiger partial charge < -0.3 is 35.8 Å². The van der Waals surface area contributed by atoms with Crippen molar-refractivity contribution in [1.29, 1.82) is 0 Å². The van der Waals surface area contributed by atoms with E-state index in [4.69, 9.17) is 5.11 Å². The summed E-state index contributed by atoms with van der Waals surface area (Å²) >= 11 is 0. The predicted octanol–water partition coefficient (Wildman–Crippen LogP) is -0.174. The van der Waals surface area contributed by atoms with Gasteiger partial charge in [-0.05, 0) is 40.5 Å². The molecule has 3 fully saturated rings. The molecule has 0 radical (unpaired) electrons. The van der Waals surface area contributed by atoms with Crippen LogP contribution in [0.1, 0.15) is 66.2 Å². The fraction of sp³-hybridized carbons (Fsp3) is 0.871. The van der Waals surface area contributed by atoms with Gasteiger partial charge in [0, 0.05) is 122 Å². The molecule has 3 heterocycles. The topological polar surface area (TPSA) is 141 Å². The molecular formula is C31H58N8O5. The Kier molecular flexibility index (Phi) is 14.3. The van der Waals surface area contributed by atoms with Crippen LogP contribution in [0, 0.1) is 0 Å². The number of carbonyl (C=O) groups is 4. The van der Waals surface area contributed by atoms with Crippen LogP contribution in [0.5, 0.6) is 0 Å². The van der Waals surface area contributed by atoms with Crippen LogP contribution < -0.4 is 16.0 Å². The molecule has 0 aromatic heterocycles. The van der Waals surface area contributed by atoms with Crippen molar-refractivity contribution < 1.29 is 24.3 Å². The second-order valence-electron chi connectivity index (χ2n) is 13.7. The number of piperazine rings is 3. The Labute approximate surface area is 264 Å². The van der Waals surface area contributed by atoms with E-state index in [0.717, 1.165) is 85.0 Å². The fourth-order valence-electron chi connectivity index (χ4n) is 6.31. The second kappa shape index (κ2) is 17.4. The molecular weight excluding hydrogens is 564 g/mol. The van der Waals surface area contributed by atoms with Crippen LogP contribution in [0.2, 0.25) is 0 Å². The zero-order valence-electron chi connectivity index (χ0n) is 27.7. The lowest BCUT2D eigenvalue weighted by atomic mass is 9.94. The summed E-state index contributed by atoms with van der Waals surface area (Å²) in [5.74, 6) is -0.657. The van der Waals surface area contributed by atoms with Crippen molar-refractivity contribution in [2.75, 3.05) is 98.3 Å². The molecule has 13 heteroatoms. The lowest BCUT2D eigenvalue weighted by Gasteiger charge is -2.44. The van der Waals surface area contributed by atoms with Gasteiger partial charge in [-0.15, -0.1) is 0 Å². The third-order valence-electron chi connectivity index (χ3n) is 9.71. The van der Waals surface area contributed by atoms with Gasteiger partial charge in [-0.3, -0.25) is 29.0 Å². The molecule has 3 aliphatic heterocycles. The van der Waals surface area contributed by atoms with Crippen molar-refractivity contribution in [3.8, 4) is 0 Å². The van der Waals surface area contributed by atoms with Crippen molar-refractivity contribution in [3.05, 3.63) is 0 Å². The molecule has 3 aliphatic rings. The van der Waals surface area contributed by atoms with Gasteiger partial charge >= 0.3 is 5.97 Å². The highest BCUT2D eigenvalue weighted by Crippen LogP contribution is 2.24. The fourth-order valence-corrected chi connectivity index (χ4v) is 6.31. The Morgan fingerprint density at radius 3 is 1.59 bits per heavy atom. The van der Waals surface area contributed by atoms with Gasteiger partial charge in [-0.2, -0.15) is 0 Å². The molecule has 252 valence electrons. The number of carboxylic acid groups (broad SMARTS) is 1. The standard InChI is InChI=1S/C31H58N8O5/c1-30(2,38-23-19-36(20-24-38)14-8-29(43)44)9-5-26(40)33-25-34-27(41)7-13-35-17-21-39(22-18-35)31(3,4)10-6-28(42)37-15-11-32-12-16-37/h32H,5-25H2,1-4H3,(H,33,40)(H,34,41)(H,43,44). The highest BCUT2D eigenvalue weighted by Gasteiger charge is 2.32. The molecule has 0 aromatic rings. The minimum Gasteiger partial charge on any atom is -0.481 e. The Morgan fingerprint density at radius 1 is 0.636 bits per heavy atom. The van der Waals surface area contributed by atoms with E-state index in [-0.39, 0.29) is 41.9 Å². The van der Waals surface area contributed by atoms with Gasteiger partial charge in [0.15, 0.2) is 0 Å². The van der Waals surface area contributed by atoms with Gasteiger partial charge in [0.25, 0.3) is 0 Å². The average molecular weight is 623 g/mol. The van der Waals surface area contributed by atoms with Gasteiger partial charge in [0.1, 0.15) is 0 Å². The maximum absolute atomic E-state index is 12.6. The summed E-state index contributed by atoms with van der Waals surface area (Å²) < 4.78 is 0. The maximum Gasteiger partial charge on any atom is 0.304 e. The van der Waals surface area contributed by atoms with Crippen LogP contribution in [0.3, 0.4) is 0 Å². The number of nitrogens with zero attached hydrogens (tertiary/aromatic N) is 5. The monoisotopic (exact) mass is 622 g/mol. The number of hydrogen-bond donors (Lipinski definition) is 4. The van der Waals surface area contributed by atoms with Gasteiger partial charge in [-0.25, -0.2) is 0 Å². The Balaban J connectivity index is 1.23. The summed E-state index contributed by atoms with van der Waals surface area (Å²) in [6, 6.07) is 0. The van der Waals surface area contributed by atoms with Crippen molar-refractivity contribution in [2.45, 2.75) is 77.3 Å². The Bertz CT molecular complexity index is 939. The van der Waals surface area contributed by atoms with Gasteiger partial charge in [-0.1, -0.05) is 0 Å². The first-order valence-corrected chi connectivity index (χ1v) is 16.5. The minimum absolute atomic E-state index is 0.0428. The SMILES string of the molecule is CC(C)(CCC(=O)NCNC(=O)CCN1CCN(C(C)(C)CCC(=O)N2CCNCC2)CC1)N1CCN(CCC(=O)O)CC1. The summed E-state index contributed by atoms with van der Waals surface area (Å²) in [5.41, 5.74) is -0.181. The minimum atomic E-state index is -0.767. The van der Waals surface area contributed by atoms with E-state index in [0.29, 0.717) is 38.8 Å². The maximum atomic E-state index is 12.6. The highest BCUT2D eigenvalue weighted by molar-refractivity contribution is 5.78. The molecule has 0 saturated carbocycles. The zero-order chi connectivity index (χ0) is 32.2. The lowest BCUT2D eigenvalue weighted by Crippen LogP contribution is -2.55. The molecule has 0 aromatic carbocycles. The summed E-state index contributed by atoms with van der Waals surface area (Å²) in [7, 11) is 0. The number of nitrogens with one attached hydrogen (secondary N) is 3. The van der Waals surface area contributed by atoms with Crippen molar-refractivity contribution >= 4 is 23.7 Å². The molecule has 0 atom stereocenters. The molecule has 4 N–H and O–H groups in total. The molecule has 44 heavy (non-hydrogen) atoms. The molecule has 3 saturated heterocycles. The summed E-state index contributed by atoms with van der Waals surface area (Å²) in [5, 5.41) is 17.8. The van der Waals surface area contributed by atoms with E-state index in [1.54, 1.807) is 0 Å². The largest absolute Gasteiger partial charge is 0.481 e. The van der Waals surface area contributed by atoms with Gasteiger partial charge in [0.05, 0.1) is 13.1 Å². The van der Waals surface area contributed by atoms with Crippen LogP contribution in [-0.4, -0.2) is 163 Å². The third kappa shape index (κ3) is 12.2. The molecule has 0 aliphatic carbocycles. The molecule has 0 spiro atoms. The van der Waals surface area contributed by atoms with E-state index >= 15 is 0 Å². The van der Waals surface area contributed by atoms with E-state index in [1.165, 1.54) is 0 Å². The number of amides is 3. The first-order valence-electron chi connectivity index (χ1n) is 16.5. The van der Waals surface area contributed by atoms with Crippen LogP contribution in [0.4, 0.5) is 0 Å². The Morgan fingerprint density at radius 2 is 1.09 bits per heavy atom. The van der Waals surface area contributed by atoms with Crippen molar-refractivity contribution in [2.24, 2.45) is 0 Å². The number of rotatable bonds is 16. The summed E-state index contributed by atoms with van der Waals surface area (Å²) in [6.07, 6.45) is 3.07. The molecule has 3 amide bonds. The number of carbonyl (C=O) groups excluding carboxylic acids is 3. The number of hydrogen-bond acceptors (Lipinski definition) is 9. The van der Waals surface area contributed by atoms with Crippen LogP contribution in [0.25, 0.3) is 0 Å². The van der Waals surface area contributed by atoms with E-state index in [1.807, 2.05) is 4.90 Å². The van der Waals surface area contributed by atoms with Crippen LogP contribution in [-0.2, 0) is 19.2 Å². The smallest absolute Gasteiger partial charge is 0.304 e. The molecule has 13 nitrogen and oxygen atoms in total. The number of aliphatic carboxylic acids is 1. The van der Waals surface area contributed by atoms with E-state index in [9.17, 15) is 19.2 Å².